The maximum absolute atomic E-state index is 11.7. The van der Waals surface area contributed by atoms with Gasteiger partial charge in [-0.15, -0.1) is 0 Å². The first-order chi connectivity index (χ1) is 7.37. The van der Waals surface area contributed by atoms with E-state index in [-0.39, 0.29) is 23.6 Å². The van der Waals surface area contributed by atoms with Crippen LogP contribution in [0.4, 0.5) is 0 Å². The van der Waals surface area contributed by atoms with Gasteiger partial charge in [-0.3, -0.25) is 9.36 Å². The molecule has 0 spiro atoms. The van der Waals surface area contributed by atoms with Crippen molar-refractivity contribution >= 4 is 25.8 Å². The van der Waals surface area contributed by atoms with Crippen LogP contribution < -0.4 is 5.56 Å². The lowest BCUT2D eigenvalue weighted by molar-refractivity contribution is 0.584. The van der Waals surface area contributed by atoms with E-state index in [4.69, 9.17) is 0 Å². The topological polar surface area (TPSA) is 69.0 Å². The van der Waals surface area contributed by atoms with Crippen LogP contribution in [0.3, 0.4) is 0 Å². The summed E-state index contributed by atoms with van der Waals surface area (Å²) >= 11 is 3.07. The summed E-state index contributed by atoms with van der Waals surface area (Å²) in [7, 11) is -3.07. The van der Waals surface area contributed by atoms with Crippen LogP contribution >= 0.6 is 15.9 Å². The van der Waals surface area contributed by atoms with Crippen molar-refractivity contribution in [2.75, 3.05) is 11.5 Å². The van der Waals surface area contributed by atoms with E-state index in [9.17, 15) is 13.2 Å². The molecule has 7 heteroatoms. The van der Waals surface area contributed by atoms with E-state index in [0.29, 0.717) is 10.3 Å². The van der Waals surface area contributed by atoms with Gasteiger partial charge in [-0.25, -0.2) is 13.4 Å². The monoisotopic (exact) mass is 308 g/mol. The molecule has 0 saturated carbocycles. The molecule has 0 atom stereocenters. The first-order valence-corrected chi connectivity index (χ1v) is 7.41. The quantitative estimate of drug-likeness (QED) is 0.823. The van der Waals surface area contributed by atoms with Crippen molar-refractivity contribution in [2.24, 2.45) is 0 Å². The van der Waals surface area contributed by atoms with Gasteiger partial charge < -0.3 is 0 Å². The van der Waals surface area contributed by atoms with Gasteiger partial charge in [0.15, 0.2) is 9.84 Å². The standard InChI is InChI=1S/C9H13BrN2O3S/c1-3-16(14,15)5-4-12-7(2)11-6-8(10)9(12)13/h6H,3-5H2,1-2H3. The second kappa shape index (κ2) is 5.09. The number of aryl methyl sites for hydroxylation is 1. The van der Waals surface area contributed by atoms with E-state index in [2.05, 4.69) is 20.9 Å². The lowest BCUT2D eigenvalue weighted by Crippen LogP contribution is -2.27. The molecule has 0 aliphatic rings. The van der Waals surface area contributed by atoms with Gasteiger partial charge in [-0.05, 0) is 22.9 Å². The number of nitrogens with zero attached hydrogens (tertiary/aromatic N) is 2. The van der Waals surface area contributed by atoms with Gasteiger partial charge in [-0.1, -0.05) is 6.92 Å². The Hall–Kier alpha value is -0.690. The van der Waals surface area contributed by atoms with E-state index in [0.717, 1.165) is 0 Å². The van der Waals surface area contributed by atoms with E-state index in [1.54, 1.807) is 13.8 Å². The number of aromatic nitrogens is 2. The van der Waals surface area contributed by atoms with Crippen molar-refractivity contribution in [3.8, 4) is 0 Å². The average molecular weight is 309 g/mol. The SMILES string of the molecule is CCS(=O)(=O)CCn1c(C)ncc(Br)c1=O. The van der Waals surface area contributed by atoms with Crippen LogP contribution in [0.15, 0.2) is 15.5 Å². The van der Waals surface area contributed by atoms with Crippen LogP contribution in [-0.2, 0) is 16.4 Å². The molecule has 16 heavy (non-hydrogen) atoms. The molecule has 1 heterocycles. The normalized spacial score (nSPS) is 11.7. The van der Waals surface area contributed by atoms with Crippen molar-refractivity contribution in [1.82, 2.24) is 9.55 Å². The molecule has 90 valence electrons. The Labute approximate surface area is 103 Å². The first kappa shape index (κ1) is 13.4. The number of hydrogen-bond donors (Lipinski definition) is 0. The molecule has 1 aromatic heterocycles. The maximum Gasteiger partial charge on any atom is 0.267 e. The summed E-state index contributed by atoms with van der Waals surface area (Å²) in [6, 6.07) is 0. The fourth-order valence-corrected chi connectivity index (χ4v) is 2.25. The second-order valence-corrected chi connectivity index (χ2v) is 6.67. The minimum Gasteiger partial charge on any atom is -0.295 e. The largest absolute Gasteiger partial charge is 0.295 e. The zero-order valence-corrected chi connectivity index (χ0v) is 11.5. The third-order valence-corrected chi connectivity index (χ3v) is 4.50. The van der Waals surface area contributed by atoms with Crippen molar-refractivity contribution in [3.63, 3.8) is 0 Å². The zero-order valence-electron chi connectivity index (χ0n) is 9.10. The number of sulfone groups is 1. The van der Waals surface area contributed by atoms with Gasteiger partial charge in [-0.2, -0.15) is 0 Å². The molecule has 0 bridgehead atoms. The maximum atomic E-state index is 11.7. The molecule has 1 rings (SSSR count). The van der Waals surface area contributed by atoms with E-state index in [1.807, 2.05) is 0 Å². The fraction of sp³-hybridized carbons (Fsp3) is 0.556. The third kappa shape index (κ3) is 3.15. The van der Waals surface area contributed by atoms with E-state index in [1.165, 1.54) is 10.8 Å². The van der Waals surface area contributed by atoms with Gasteiger partial charge in [0.25, 0.3) is 5.56 Å². The van der Waals surface area contributed by atoms with E-state index < -0.39 is 9.84 Å². The minimum atomic E-state index is -3.07. The molecule has 0 saturated heterocycles. The number of rotatable bonds is 4. The smallest absolute Gasteiger partial charge is 0.267 e. The van der Waals surface area contributed by atoms with Crippen LogP contribution in [0, 0.1) is 6.92 Å². The Balaban J connectivity index is 2.99. The highest BCUT2D eigenvalue weighted by Crippen LogP contribution is 2.02. The zero-order chi connectivity index (χ0) is 12.3. The molecule has 0 amide bonds. The number of halogens is 1. The molecule has 0 aliphatic heterocycles. The highest BCUT2D eigenvalue weighted by Gasteiger charge is 2.11. The summed E-state index contributed by atoms with van der Waals surface area (Å²) < 4.78 is 24.4. The van der Waals surface area contributed by atoms with Crippen molar-refractivity contribution in [2.45, 2.75) is 20.4 Å². The van der Waals surface area contributed by atoms with Crippen molar-refractivity contribution in [1.29, 1.82) is 0 Å². The van der Waals surface area contributed by atoms with E-state index >= 15 is 0 Å². The summed E-state index contributed by atoms with van der Waals surface area (Å²) in [5.41, 5.74) is -0.251. The lowest BCUT2D eigenvalue weighted by Gasteiger charge is -2.08. The molecule has 0 N–H and O–H groups in total. The van der Waals surface area contributed by atoms with Crippen molar-refractivity contribution < 1.29 is 8.42 Å². The molecule has 0 fully saturated rings. The summed E-state index contributed by atoms with van der Waals surface area (Å²) in [5, 5.41) is 0. The minimum absolute atomic E-state index is 0.0393. The van der Waals surface area contributed by atoms with Gasteiger partial charge in [0.2, 0.25) is 0 Å². The molecule has 0 aromatic carbocycles. The second-order valence-electron chi connectivity index (χ2n) is 3.35. The summed E-state index contributed by atoms with van der Waals surface area (Å²) in [5.74, 6) is 0.560. The summed E-state index contributed by atoms with van der Waals surface area (Å²) in [6.45, 7) is 3.41. The highest BCUT2D eigenvalue weighted by molar-refractivity contribution is 9.10. The Kier molecular flexibility index (Phi) is 4.26. The predicted molar refractivity (Wildman–Crippen MR) is 65.3 cm³/mol. The van der Waals surface area contributed by atoms with Crippen LogP contribution in [0.1, 0.15) is 12.7 Å². The molecular weight excluding hydrogens is 296 g/mol. The van der Waals surface area contributed by atoms with Crippen LogP contribution in [0.2, 0.25) is 0 Å². The average Bonchev–Trinajstić information content (AvgIpc) is 2.24. The molecular formula is C9H13BrN2O3S. The molecule has 5 nitrogen and oxygen atoms in total. The third-order valence-electron chi connectivity index (χ3n) is 2.27. The van der Waals surface area contributed by atoms with Crippen molar-refractivity contribution in [3.05, 3.63) is 26.8 Å². The van der Waals surface area contributed by atoms with Crippen LogP contribution in [-0.4, -0.2) is 29.5 Å². The molecule has 0 unspecified atom stereocenters. The molecule has 1 aromatic rings. The Bertz CT molecular complexity index is 536. The Morgan fingerprint density at radius 1 is 1.50 bits per heavy atom. The first-order valence-electron chi connectivity index (χ1n) is 4.79. The highest BCUT2D eigenvalue weighted by atomic mass is 79.9. The molecule has 0 aliphatic carbocycles. The number of hydrogen-bond acceptors (Lipinski definition) is 4. The van der Waals surface area contributed by atoms with Crippen LogP contribution in [0.25, 0.3) is 0 Å². The molecule has 0 radical (unpaired) electrons. The lowest BCUT2D eigenvalue weighted by atomic mass is 10.5. The predicted octanol–water partition coefficient (Wildman–Crippen LogP) is 0.749. The summed E-state index contributed by atoms with van der Waals surface area (Å²) in [4.78, 5) is 15.7. The van der Waals surface area contributed by atoms with Gasteiger partial charge in [0.1, 0.15) is 10.3 Å². The van der Waals surface area contributed by atoms with Gasteiger partial charge in [0.05, 0.1) is 5.75 Å². The fourth-order valence-electron chi connectivity index (χ4n) is 1.19. The summed E-state index contributed by atoms with van der Waals surface area (Å²) in [6.07, 6.45) is 1.42. The van der Waals surface area contributed by atoms with Gasteiger partial charge in [0, 0.05) is 18.5 Å². The Morgan fingerprint density at radius 3 is 2.69 bits per heavy atom. The Morgan fingerprint density at radius 2 is 2.12 bits per heavy atom. The van der Waals surface area contributed by atoms with Crippen LogP contribution in [0.5, 0.6) is 0 Å². The van der Waals surface area contributed by atoms with Gasteiger partial charge >= 0.3 is 0 Å².